The molecule has 0 radical (unpaired) electrons. The molecule has 0 aromatic carbocycles. The molecule has 1 aliphatic heterocycles. The molecule has 0 aliphatic carbocycles. The second kappa shape index (κ2) is 36.3. The molecule has 0 spiro atoms. The van der Waals surface area contributed by atoms with Crippen LogP contribution in [0.15, 0.2) is 0 Å². The lowest BCUT2D eigenvalue weighted by molar-refractivity contribution is -0.157. The Balaban J connectivity index is 3.98. The third kappa shape index (κ3) is 27.2. The van der Waals surface area contributed by atoms with Crippen molar-refractivity contribution in [1.82, 2.24) is 47.9 Å². The molecule has 0 saturated carbocycles. The number of esters is 1. The third-order valence-electron chi connectivity index (χ3n) is 13.0. The Bertz CT molecular complexity index is 2020. The molecule has 452 valence electrons. The van der Waals surface area contributed by atoms with Crippen molar-refractivity contribution < 1.29 is 72.8 Å². The number of aliphatic hydroxyl groups is 3. The maximum Gasteiger partial charge on any atom is 0.328 e. The fourth-order valence-electron chi connectivity index (χ4n) is 8.68. The molecule has 1 aliphatic rings. The summed E-state index contributed by atoms with van der Waals surface area (Å²) in [4.78, 5) is 152. The summed E-state index contributed by atoms with van der Waals surface area (Å²) in [6.45, 7) is 18.5. The van der Waals surface area contributed by atoms with Crippen LogP contribution in [0.2, 0.25) is 0 Å². The monoisotopic (exact) mass is 1120 g/mol. The van der Waals surface area contributed by atoms with E-state index in [2.05, 4.69) is 54.8 Å². The van der Waals surface area contributed by atoms with Crippen LogP contribution < -0.4 is 53.6 Å². The average molecular weight is 1130 g/mol. The molecule has 0 bridgehead atoms. The number of hydrogen-bond acceptors (Lipinski definition) is 15. The summed E-state index contributed by atoms with van der Waals surface area (Å²) in [7, 11) is 0. The van der Waals surface area contributed by atoms with Crippen LogP contribution in [0.5, 0.6) is 0 Å². The number of ether oxygens (including phenoxy) is 1. The number of carbonyl (C=O) groups excluding carboxylic acids is 11. The zero-order chi connectivity index (χ0) is 60.3. The molecule has 25 heteroatoms. The first-order chi connectivity index (χ1) is 36.9. The van der Waals surface area contributed by atoms with Crippen molar-refractivity contribution in [3.63, 3.8) is 0 Å². The minimum absolute atomic E-state index is 0.00399. The van der Waals surface area contributed by atoms with Crippen LogP contribution >= 0.6 is 0 Å². The van der Waals surface area contributed by atoms with Gasteiger partial charge in [0.15, 0.2) is 0 Å². The number of aliphatic hydroxyl groups excluding tert-OH is 3. The maximum atomic E-state index is 14.7. The van der Waals surface area contributed by atoms with E-state index in [9.17, 15) is 68.1 Å². The predicted octanol–water partition coefficient (Wildman–Crippen LogP) is -0.503. The van der Waals surface area contributed by atoms with Gasteiger partial charge in [0.25, 0.3) is 0 Å². The molecule has 11 atom stereocenters. The Kier molecular flexibility index (Phi) is 32.7. The van der Waals surface area contributed by atoms with E-state index >= 15 is 0 Å². The van der Waals surface area contributed by atoms with Crippen molar-refractivity contribution in [2.75, 3.05) is 13.2 Å². The first-order valence-electron chi connectivity index (χ1n) is 28.0. The van der Waals surface area contributed by atoms with Crippen LogP contribution in [0.1, 0.15) is 167 Å². The topological polar surface area (TPSA) is 392 Å². The number of unbranched alkanes of at least 4 members (excludes halogenated alkanes) is 4. The minimum Gasteiger partial charge on any atom is -0.458 e. The molecule has 1 rings (SSSR count). The van der Waals surface area contributed by atoms with E-state index in [0.29, 0.717) is 12.8 Å². The van der Waals surface area contributed by atoms with Gasteiger partial charge in [-0.05, 0) is 75.0 Å². The largest absolute Gasteiger partial charge is 0.458 e. The fraction of sp³-hybridized carbons (Fsp3) is 0.796. The lowest BCUT2D eigenvalue weighted by Crippen LogP contribution is -2.63. The molecule has 0 aromatic rings. The van der Waals surface area contributed by atoms with Gasteiger partial charge in [0.1, 0.15) is 60.5 Å². The molecule has 25 nitrogen and oxygen atoms in total. The quantitative estimate of drug-likeness (QED) is 0.0364. The Morgan fingerprint density at radius 2 is 1.04 bits per heavy atom. The van der Waals surface area contributed by atoms with Gasteiger partial charge in [0.2, 0.25) is 59.1 Å². The standard InChI is InChI=1S/C54H96N10O15/c1-13-14-15-16-17-18-34(67)25-43(69)56-36(21-28(2)3)47(71)57-35(19-20-42(55)68)46(70)64-45-33(12)79-54(78)39(24-31(8)9)60-51(75)41(27-66)62-48(72)37(22-29(4)5)58-50(74)40(26-65)61-49(73)38(23-30(6)7)59-52(76)44(32(10)11)63-53(45)77/h28-41,44-45,65-67H,13-27H2,1-12H3,(H2,55,68)(H,56,69)(H,57,71)(H,58,74)(H,59,76)(H,60,75)(H,61,73)(H,62,72)(H,63,77)(H,64,70)/t33-,34-,35-,36+,37+,38+,39+,40-,41-,44-,45-/m1/s1. The van der Waals surface area contributed by atoms with Crippen LogP contribution in [0, 0.1) is 29.6 Å². The van der Waals surface area contributed by atoms with Crippen LogP contribution in [-0.2, 0) is 57.5 Å². The number of nitrogens with two attached hydrogens (primary N) is 1. The van der Waals surface area contributed by atoms with Gasteiger partial charge >= 0.3 is 5.97 Å². The van der Waals surface area contributed by atoms with Gasteiger partial charge in [-0.15, -0.1) is 0 Å². The van der Waals surface area contributed by atoms with Crippen molar-refractivity contribution in [2.24, 2.45) is 35.3 Å². The summed E-state index contributed by atoms with van der Waals surface area (Å²) in [5.41, 5.74) is 5.49. The van der Waals surface area contributed by atoms with Gasteiger partial charge in [0.05, 0.1) is 25.7 Å². The normalized spacial score (nSPS) is 23.7. The number of amides is 10. The van der Waals surface area contributed by atoms with Gasteiger partial charge in [-0.1, -0.05) is 108 Å². The zero-order valence-corrected chi connectivity index (χ0v) is 48.7. The van der Waals surface area contributed by atoms with Gasteiger partial charge in [-0.25, -0.2) is 4.79 Å². The van der Waals surface area contributed by atoms with Gasteiger partial charge in [-0.2, -0.15) is 0 Å². The highest BCUT2D eigenvalue weighted by molar-refractivity contribution is 5.99. The molecule has 0 unspecified atom stereocenters. The van der Waals surface area contributed by atoms with Crippen molar-refractivity contribution in [3.8, 4) is 0 Å². The summed E-state index contributed by atoms with van der Waals surface area (Å²) < 4.78 is 5.82. The molecule has 14 N–H and O–H groups in total. The fourth-order valence-corrected chi connectivity index (χ4v) is 8.68. The molecule has 1 heterocycles. The van der Waals surface area contributed by atoms with E-state index in [-0.39, 0.29) is 55.8 Å². The lowest BCUT2D eigenvalue weighted by atomic mass is 9.98. The highest BCUT2D eigenvalue weighted by Gasteiger charge is 2.40. The lowest BCUT2D eigenvalue weighted by Gasteiger charge is -2.32. The number of primary amides is 1. The Hall–Kier alpha value is -5.95. The molecule has 1 fully saturated rings. The van der Waals surface area contributed by atoms with Gasteiger partial charge in [-0.3, -0.25) is 47.9 Å². The van der Waals surface area contributed by atoms with Crippen LogP contribution in [-0.4, -0.2) is 160 Å². The van der Waals surface area contributed by atoms with Crippen LogP contribution in [0.4, 0.5) is 0 Å². The number of carbonyl (C=O) groups is 11. The van der Waals surface area contributed by atoms with Crippen molar-refractivity contribution >= 4 is 65.0 Å². The van der Waals surface area contributed by atoms with Crippen molar-refractivity contribution in [1.29, 1.82) is 0 Å². The van der Waals surface area contributed by atoms with E-state index in [4.69, 9.17) is 10.5 Å². The summed E-state index contributed by atoms with van der Waals surface area (Å²) in [5.74, 6) is -12.2. The zero-order valence-electron chi connectivity index (χ0n) is 48.7. The number of cyclic esters (lactones) is 1. The van der Waals surface area contributed by atoms with E-state index in [1.165, 1.54) is 6.92 Å². The highest BCUT2D eigenvalue weighted by Crippen LogP contribution is 2.16. The number of nitrogens with one attached hydrogen (secondary N) is 9. The Labute approximate surface area is 466 Å². The number of hydrogen-bond donors (Lipinski definition) is 13. The van der Waals surface area contributed by atoms with E-state index < -0.39 is 164 Å². The van der Waals surface area contributed by atoms with Gasteiger partial charge < -0.3 is 73.6 Å². The molecule has 1 saturated heterocycles. The highest BCUT2D eigenvalue weighted by atomic mass is 16.5. The first kappa shape index (κ1) is 71.1. The SMILES string of the molecule is CCCCCCC[C@@H](O)CC(=O)N[C@@H](CC(C)C)C(=O)N[C@H](CCC(N)=O)C(=O)N[C@H]1C(=O)N[C@H](C(C)C)C(=O)N[C@@H](CC(C)C)C(=O)N[C@H](CO)C(=O)N[C@@H](CC(C)C)C(=O)N[C@H](CO)C(=O)N[C@@H](CC(C)C)C(=O)O[C@@H]1C. The minimum atomic E-state index is -1.91. The second-order valence-electron chi connectivity index (χ2n) is 22.8. The Morgan fingerprint density at radius 1 is 0.570 bits per heavy atom. The third-order valence-corrected chi connectivity index (χ3v) is 13.0. The molecule has 79 heavy (non-hydrogen) atoms. The van der Waals surface area contributed by atoms with Gasteiger partial charge in [0, 0.05) is 6.42 Å². The molecule has 10 amide bonds. The molecular weight excluding hydrogens is 1030 g/mol. The van der Waals surface area contributed by atoms with E-state index in [1.807, 2.05) is 0 Å². The predicted molar refractivity (Wildman–Crippen MR) is 292 cm³/mol. The van der Waals surface area contributed by atoms with Crippen LogP contribution in [0.3, 0.4) is 0 Å². The number of rotatable bonds is 27. The maximum absolute atomic E-state index is 14.7. The van der Waals surface area contributed by atoms with E-state index in [0.717, 1.165) is 25.7 Å². The summed E-state index contributed by atoms with van der Waals surface area (Å²) in [6.07, 6.45) is 1.22. The van der Waals surface area contributed by atoms with Crippen molar-refractivity contribution in [2.45, 2.75) is 233 Å². The van der Waals surface area contributed by atoms with Crippen LogP contribution in [0.25, 0.3) is 0 Å². The summed E-state index contributed by atoms with van der Waals surface area (Å²) in [5, 5.41) is 54.0. The van der Waals surface area contributed by atoms with Crippen molar-refractivity contribution in [3.05, 3.63) is 0 Å². The molecular formula is C54H96N10O15. The molecule has 0 aromatic heterocycles. The summed E-state index contributed by atoms with van der Waals surface area (Å²) in [6, 6.07) is -13.9. The van der Waals surface area contributed by atoms with E-state index in [1.54, 1.807) is 69.2 Å². The average Bonchev–Trinajstić information content (AvgIpc) is 3.34. The Morgan fingerprint density at radius 3 is 1.51 bits per heavy atom. The smallest absolute Gasteiger partial charge is 0.328 e. The second-order valence-corrected chi connectivity index (χ2v) is 22.8. The summed E-state index contributed by atoms with van der Waals surface area (Å²) >= 11 is 0. The first-order valence-corrected chi connectivity index (χ1v) is 28.0.